The lowest BCUT2D eigenvalue weighted by Gasteiger charge is -2.13. The highest BCUT2D eigenvalue weighted by Gasteiger charge is 2.10. The van der Waals surface area contributed by atoms with Gasteiger partial charge in [0.1, 0.15) is 0 Å². The van der Waals surface area contributed by atoms with E-state index in [2.05, 4.69) is 23.8 Å². The van der Waals surface area contributed by atoms with Crippen molar-refractivity contribution in [2.75, 3.05) is 13.7 Å². The van der Waals surface area contributed by atoms with Gasteiger partial charge in [0.15, 0.2) is 17.3 Å². The van der Waals surface area contributed by atoms with Gasteiger partial charge in [0.05, 0.1) is 29.7 Å². The summed E-state index contributed by atoms with van der Waals surface area (Å²) in [5.74, 6) is 1.96. The quantitative estimate of drug-likeness (QED) is 0.585. The summed E-state index contributed by atoms with van der Waals surface area (Å²) in [7, 11) is 1.58. The average molecular weight is 419 g/mol. The topological polar surface area (TPSA) is 64.2 Å². The first-order chi connectivity index (χ1) is 13.4. The molecule has 7 heteroatoms. The van der Waals surface area contributed by atoms with Crippen LogP contribution >= 0.6 is 23.2 Å². The van der Waals surface area contributed by atoms with Crippen LogP contribution < -0.4 is 15.0 Å². The predicted molar refractivity (Wildman–Crippen MR) is 114 cm³/mol. The molecule has 0 saturated heterocycles. The van der Waals surface area contributed by atoms with Gasteiger partial charge in [-0.25, -0.2) is 4.98 Å². The first kappa shape index (κ1) is 20.2. The number of H-pyrrole nitrogens is 1. The summed E-state index contributed by atoms with van der Waals surface area (Å²) < 4.78 is 11.2. The van der Waals surface area contributed by atoms with Gasteiger partial charge in [0.25, 0.3) is 5.56 Å². The fourth-order valence-electron chi connectivity index (χ4n) is 2.59. The van der Waals surface area contributed by atoms with Gasteiger partial charge in [-0.3, -0.25) is 4.79 Å². The molecule has 5 nitrogen and oxygen atoms in total. The normalized spacial score (nSPS) is 11.9. The molecule has 0 spiro atoms. The van der Waals surface area contributed by atoms with Crippen molar-refractivity contribution >= 4 is 45.2 Å². The average Bonchev–Trinajstić information content (AvgIpc) is 2.67. The molecule has 0 aliphatic heterocycles. The highest BCUT2D eigenvalue weighted by atomic mass is 35.5. The Bertz CT molecular complexity index is 1090. The van der Waals surface area contributed by atoms with Crippen LogP contribution in [-0.2, 0) is 0 Å². The molecule has 1 aromatic heterocycles. The molecule has 0 aliphatic rings. The number of aromatic amines is 1. The van der Waals surface area contributed by atoms with Gasteiger partial charge in [-0.15, -0.1) is 0 Å². The van der Waals surface area contributed by atoms with Crippen molar-refractivity contribution in [2.24, 2.45) is 5.92 Å². The molecule has 1 N–H and O–H groups in total. The molecule has 3 rings (SSSR count). The molecule has 146 valence electrons. The largest absolute Gasteiger partial charge is 0.493 e. The van der Waals surface area contributed by atoms with E-state index in [-0.39, 0.29) is 11.4 Å². The Labute approximate surface area is 172 Å². The van der Waals surface area contributed by atoms with Gasteiger partial charge < -0.3 is 14.5 Å². The zero-order valence-electron chi connectivity index (χ0n) is 15.8. The van der Waals surface area contributed by atoms with E-state index in [1.807, 2.05) is 18.2 Å². The minimum Gasteiger partial charge on any atom is -0.493 e. The number of hydrogen-bond acceptors (Lipinski definition) is 4. The number of nitrogens with one attached hydrogen (secondary N) is 1. The van der Waals surface area contributed by atoms with E-state index in [1.54, 1.807) is 31.4 Å². The van der Waals surface area contributed by atoms with Crippen molar-refractivity contribution in [3.63, 3.8) is 0 Å². The maximum Gasteiger partial charge on any atom is 0.259 e. The van der Waals surface area contributed by atoms with E-state index in [4.69, 9.17) is 32.7 Å². The molecular weight excluding hydrogens is 399 g/mol. The zero-order valence-corrected chi connectivity index (χ0v) is 17.3. The van der Waals surface area contributed by atoms with Gasteiger partial charge in [0, 0.05) is 5.02 Å². The summed E-state index contributed by atoms with van der Waals surface area (Å²) in [6, 6.07) is 10.4. The lowest BCUT2D eigenvalue weighted by molar-refractivity contribution is 0.257. The van der Waals surface area contributed by atoms with Crippen LogP contribution in [0.25, 0.3) is 22.0 Å². The number of halogens is 2. The molecule has 3 aromatic rings. The Balaban J connectivity index is 1.94. The van der Waals surface area contributed by atoms with Gasteiger partial charge in [-0.05, 0) is 47.9 Å². The van der Waals surface area contributed by atoms with Gasteiger partial charge in [0.2, 0.25) is 0 Å². The molecule has 0 unspecified atom stereocenters. The summed E-state index contributed by atoms with van der Waals surface area (Å²) in [5.41, 5.74) is 1.01. The second-order valence-electron chi connectivity index (χ2n) is 6.68. The standard InChI is InChI=1S/C21H20Cl2N2O3/c1-12(2)11-28-18-7-4-13(9-19(18)27-3)8-16(23)20-24-17-6-5-14(22)10-15(17)21(26)25-20/h4-10,12H,11H2,1-3H3,(H,24,25,26)/b16-8-. The third-order valence-electron chi connectivity index (χ3n) is 3.95. The van der Waals surface area contributed by atoms with Crippen LogP contribution in [-0.4, -0.2) is 23.7 Å². The first-order valence-corrected chi connectivity index (χ1v) is 9.51. The van der Waals surface area contributed by atoms with Crippen LogP contribution in [0, 0.1) is 5.92 Å². The van der Waals surface area contributed by atoms with Crippen LogP contribution in [0.1, 0.15) is 25.2 Å². The van der Waals surface area contributed by atoms with E-state index < -0.39 is 0 Å². The van der Waals surface area contributed by atoms with Crippen molar-refractivity contribution in [3.05, 3.63) is 63.2 Å². The molecule has 0 amide bonds. The monoisotopic (exact) mass is 418 g/mol. The number of benzene rings is 2. The first-order valence-electron chi connectivity index (χ1n) is 8.75. The molecule has 0 bridgehead atoms. The maximum absolute atomic E-state index is 12.3. The Morgan fingerprint density at radius 1 is 1.21 bits per heavy atom. The minimum atomic E-state index is -0.302. The highest BCUT2D eigenvalue weighted by molar-refractivity contribution is 6.50. The summed E-state index contributed by atoms with van der Waals surface area (Å²) >= 11 is 12.4. The molecule has 28 heavy (non-hydrogen) atoms. The van der Waals surface area contributed by atoms with E-state index in [0.717, 1.165) is 5.56 Å². The van der Waals surface area contributed by atoms with Crippen molar-refractivity contribution in [2.45, 2.75) is 13.8 Å². The second-order valence-corrected chi connectivity index (χ2v) is 7.53. The van der Waals surface area contributed by atoms with Crippen LogP contribution in [0.15, 0.2) is 41.2 Å². The Kier molecular flexibility index (Phi) is 6.27. The number of methoxy groups -OCH3 is 1. The van der Waals surface area contributed by atoms with E-state index in [1.165, 1.54) is 0 Å². The number of hydrogen-bond donors (Lipinski definition) is 1. The molecule has 0 radical (unpaired) electrons. The highest BCUT2D eigenvalue weighted by Crippen LogP contribution is 2.30. The lowest BCUT2D eigenvalue weighted by Crippen LogP contribution is -2.10. The van der Waals surface area contributed by atoms with Crippen molar-refractivity contribution in [3.8, 4) is 11.5 Å². The number of nitrogens with zero attached hydrogens (tertiary/aromatic N) is 1. The number of rotatable bonds is 6. The molecule has 1 heterocycles. The van der Waals surface area contributed by atoms with Gasteiger partial charge in [-0.1, -0.05) is 43.1 Å². The second kappa shape index (κ2) is 8.67. The van der Waals surface area contributed by atoms with Crippen LogP contribution in [0.5, 0.6) is 11.5 Å². The Morgan fingerprint density at radius 3 is 2.71 bits per heavy atom. The number of aromatic nitrogens is 2. The van der Waals surface area contributed by atoms with Crippen molar-refractivity contribution in [1.82, 2.24) is 9.97 Å². The van der Waals surface area contributed by atoms with Gasteiger partial charge in [-0.2, -0.15) is 0 Å². The molecule has 0 atom stereocenters. The molecule has 0 saturated carbocycles. The van der Waals surface area contributed by atoms with Crippen molar-refractivity contribution in [1.29, 1.82) is 0 Å². The molecule has 0 aliphatic carbocycles. The van der Waals surface area contributed by atoms with E-state index in [0.29, 0.717) is 45.0 Å². The van der Waals surface area contributed by atoms with Gasteiger partial charge >= 0.3 is 0 Å². The number of ether oxygens (including phenoxy) is 2. The Morgan fingerprint density at radius 2 is 2.00 bits per heavy atom. The summed E-state index contributed by atoms with van der Waals surface area (Å²) in [5, 5.41) is 1.18. The summed E-state index contributed by atoms with van der Waals surface area (Å²) in [6.07, 6.45) is 1.70. The summed E-state index contributed by atoms with van der Waals surface area (Å²) in [6.45, 7) is 4.75. The Hall–Kier alpha value is -2.50. The smallest absolute Gasteiger partial charge is 0.259 e. The molecular formula is C21H20Cl2N2O3. The van der Waals surface area contributed by atoms with Crippen molar-refractivity contribution < 1.29 is 9.47 Å². The number of fused-ring (bicyclic) bond motifs is 1. The summed E-state index contributed by atoms with van der Waals surface area (Å²) in [4.78, 5) is 19.4. The molecule has 2 aromatic carbocycles. The minimum absolute atomic E-state index is 0.278. The van der Waals surface area contributed by atoms with Crippen LogP contribution in [0.4, 0.5) is 0 Å². The zero-order chi connectivity index (χ0) is 20.3. The van der Waals surface area contributed by atoms with Crippen LogP contribution in [0.2, 0.25) is 5.02 Å². The third kappa shape index (κ3) is 4.66. The fourth-order valence-corrected chi connectivity index (χ4v) is 2.98. The SMILES string of the molecule is COc1cc(/C=C(\Cl)c2nc3ccc(Cl)cc3c(=O)[nH]2)ccc1OCC(C)C. The maximum atomic E-state index is 12.3. The third-order valence-corrected chi connectivity index (χ3v) is 4.47. The van der Waals surface area contributed by atoms with Crippen LogP contribution in [0.3, 0.4) is 0 Å². The van der Waals surface area contributed by atoms with E-state index in [9.17, 15) is 4.79 Å². The fraction of sp³-hybridized carbons (Fsp3) is 0.238. The predicted octanol–water partition coefficient (Wildman–Crippen LogP) is 5.36. The van der Waals surface area contributed by atoms with E-state index >= 15 is 0 Å². The molecule has 0 fully saturated rings. The lowest BCUT2D eigenvalue weighted by atomic mass is 10.1.